The number of allylic oxidation sites excluding steroid dienone is 4. The summed E-state index contributed by atoms with van der Waals surface area (Å²) >= 11 is 11.7. The number of benzene rings is 2. The Bertz CT molecular complexity index is 616. The van der Waals surface area contributed by atoms with Gasteiger partial charge in [-0.1, -0.05) is 47.5 Å². The van der Waals surface area contributed by atoms with Gasteiger partial charge in [0.25, 0.3) is 0 Å². The minimum Gasteiger partial charge on any atom is -1.00 e. The minimum absolute atomic E-state index is 0. The fourth-order valence-corrected chi connectivity index (χ4v) is 2.16. The van der Waals surface area contributed by atoms with Crippen molar-refractivity contribution in [3.63, 3.8) is 0 Å². The molecule has 1 nitrogen and oxygen atoms in total. The average Bonchev–Trinajstić information content (AvgIpc) is 2.95. The van der Waals surface area contributed by atoms with Crippen molar-refractivity contribution in [2.24, 2.45) is 0 Å². The molecule has 109 valence electrons. The van der Waals surface area contributed by atoms with Gasteiger partial charge in [-0.25, -0.2) is 12.2 Å². The van der Waals surface area contributed by atoms with Crippen LogP contribution in [0.15, 0.2) is 48.6 Å². The standard InChI is InChI=1S/C10H6Cl2O.C5H5.2ClH.Ti/c11-8-5-9(12)10(13)7-4-2-1-3-6(7)8;1-2-4-5-3-1;;;/h1-5,13H;1-3H,4H2;2*1H;/q;-1;;;+3/p-2. The van der Waals surface area contributed by atoms with Gasteiger partial charge in [-0.3, -0.25) is 6.08 Å². The van der Waals surface area contributed by atoms with Crippen molar-refractivity contribution in [2.75, 3.05) is 0 Å². The van der Waals surface area contributed by atoms with E-state index in [4.69, 9.17) is 23.2 Å². The third kappa shape index (κ3) is 6.24. The van der Waals surface area contributed by atoms with Gasteiger partial charge in [0.1, 0.15) is 5.75 Å². The Morgan fingerprint density at radius 3 is 2.10 bits per heavy atom. The zero-order chi connectivity index (χ0) is 13.0. The van der Waals surface area contributed by atoms with Gasteiger partial charge >= 0.3 is 21.7 Å². The molecule has 6 heteroatoms. The third-order valence-electron chi connectivity index (χ3n) is 2.51. The number of aromatic hydroxyl groups is 1. The molecule has 0 saturated heterocycles. The molecule has 1 aliphatic rings. The molecule has 21 heavy (non-hydrogen) atoms. The SMILES string of the molecule is Oc1c(Cl)cc(Cl)c2ccccc12.[C-]1=CC=CC1.[Cl-].[Cl-].[Ti+3]. The smallest absolute Gasteiger partial charge is 1.00 e. The van der Waals surface area contributed by atoms with Gasteiger partial charge in [0, 0.05) is 10.8 Å². The molecule has 1 aliphatic carbocycles. The Labute approximate surface area is 161 Å². The second-order valence-electron chi connectivity index (χ2n) is 3.74. The zero-order valence-corrected chi connectivity index (χ0v) is 15.4. The molecule has 0 aliphatic heterocycles. The molecule has 0 bridgehead atoms. The summed E-state index contributed by atoms with van der Waals surface area (Å²) in [6.07, 6.45) is 10.0. The maximum Gasteiger partial charge on any atom is 3.00 e. The summed E-state index contributed by atoms with van der Waals surface area (Å²) in [4.78, 5) is 0. The number of hydrogen-bond donors (Lipinski definition) is 1. The monoisotopic (exact) mass is 395 g/mol. The van der Waals surface area contributed by atoms with Gasteiger partial charge in [-0.2, -0.15) is 6.08 Å². The number of fused-ring (bicyclic) bond motifs is 1. The molecular weight excluding hydrogens is 386 g/mol. The molecular formula is C15H11Cl4OTi. The van der Waals surface area contributed by atoms with Crippen molar-refractivity contribution in [3.8, 4) is 5.75 Å². The van der Waals surface area contributed by atoms with Gasteiger partial charge in [0.05, 0.1) is 10.0 Å². The van der Waals surface area contributed by atoms with E-state index in [0.717, 1.165) is 11.8 Å². The molecule has 0 spiro atoms. The minimum atomic E-state index is 0. The number of rotatable bonds is 0. The van der Waals surface area contributed by atoms with Gasteiger partial charge < -0.3 is 29.9 Å². The van der Waals surface area contributed by atoms with Gasteiger partial charge in [0.2, 0.25) is 0 Å². The largest absolute Gasteiger partial charge is 3.00 e. The van der Waals surface area contributed by atoms with Gasteiger partial charge in [0.15, 0.2) is 0 Å². The second kappa shape index (κ2) is 11.4. The Balaban J connectivity index is 0. The average molecular weight is 397 g/mol. The summed E-state index contributed by atoms with van der Waals surface area (Å²) in [5, 5.41) is 11.9. The second-order valence-corrected chi connectivity index (χ2v) is 4.55. The van der Waals surface area contributed by atoms with Crippen LogP contribution in [0.4, 0.5) is 0 Å². The Morgan fingerprint density at radius 2 is 1.62 bits per heavy atom. The van der Waals surface area contributed by atoms with E-state index < -0.39 is 0 Å². The number of halogens is 4. The van der Waals surface area contributed by atoms with E-state index in [-0.39, 0.29) is 57.3 Å². The van der Waals surface area contributed by atoms with Crippen molar-refractivity contribution in [3.05, 3.63) is 64.7 Å². The topological polar surface area (TPSA) is 20.2 Å². The molecule has 0 amide bonds. The molecule has 1 radical (unpaired) electrons. The Morgan fingerprint density at radius 1 is 1.00 bits per heavy atom. The molecule has 2 aromatic carbocycles. The first-order chi connectivity index (χ1) is 8.70. The first-order valence-corrected chi connectivity index (χ1v) is 6.23. The van der Waals surface area contributed by atoms with Crippen LogP contribution >= 0.6 is 23.2 Å². The van der Waals surface area contributed by atoms with Crippen LogP contribution in [0, 0.1) is 6.08 Å². The summed E-state index contributed by atoms with van der Waals surface area (Å²) in [5.74, 6) is 0.0849. The summed E-state index contributed by atoms with van der Waals surface area (Å²) < 4.78 is 0. The van der Waals surface area contributed by atoms with Gasteiger partial charge in [-0.15, -0.1) is 6.42 Å². The Kier molecular flexibility index (Phi) is 12.6. The van der Waals surface area contributed by atoms with E-state index in [1.165, 1.54) is 0 Å². The van der Waals surface area contributed by atoms with Crippen LogP contribution in [0.5, 0.6) is 5.75 Å². The first kappa shape index (κ1) is 23.1. The predicted molar refractivity (Wildman–Crippen MR) is 77.2 cm³/mol. The van der Waals surface area contributed by atoms with Crippen molar-refractivity contribution in [1.82, 2.24) is 0 Å². The van der Waals surface area contributed by atoms with Crippen LogP contribution in [0.3, 0.4) is 0 Å². The quantitative estimate of drug-likeness (QED) is 0.455. The number of phenols is 1. The fourth-order valence-electron chi connectivity index (χ4n) is 1.62. The van der Waals surface area contributed by atoms with Crippen LogP contribution in [0.1, 0.15) is 6.42 Å². The molecule has 0 fully saturated rings. The maximum atomic E-state index is 9.59. The molecule has 3 rings (SSSR count). The number of hydrogen-bond acceptors (Lipinski definition) is 1. The van der Waals surface area contributed by atoms with Crippen molar-refractivity contribution < 1.29 is 51.6 Å². The van der Waals surface area contributed by atoms with Crippen LogP contribution in [-0.2, 0) is 21.7 Å². The number of phenolic OH excluding ortho intramolecular Hbond substituents is 1. The van der Waals surface area contributed by atoms with E-state index >= 15 is 0 Å². The fraction of sp³-hybridized carbons (Fsp3) is 0.0667. The van der Waals surface area contributed by atoms with E-state index in [2.05, 4.69) is 12.2 Å². The molecule has 0 heterocycles. The molecule has 2 aromatic rings. The normalized spacial score (nSPS) is 10.8. The summed E-state index contributed by atoms with van der Waals surface area (Å²) in [7, 11) is 0. The van der Waals surface area contributed by atoms with Crippen LogP contribution in [-0.4, -0.2) is 5.11 Å². The molecule has 1 N–H and O–H groups in total. The van der Waals surface area contributed by atoms with Crippen molar-refractivity contribution >= 4 is 34.0 Å². The summed E-state index contributed by atoms with van der Waals surface area (Å²) in [6.45, 7) is 0. The van der Waals surface area contributed by atoms with E-state index in [0.29, 0.717) is 10.4 Å². The van der Waals surface area contributed by atoms with Crippen LogP contribution < -0.4 is 24.8 Å². The molecule has 0 atom stereocenters. The summed E-state index contributed by atoms with van der Waals surface area (Å²) in [5.41, 5.74) is 0. The predicted octanol–water partition coefficient (Wildman–Crippen LogP) is -0.837. The third-order valence-corrected chi connectivity index (χ3v) is 3.11. The van der Waals surface area contributed by atoms with Crippen LogP contribution in [0.25, 0.3) is 10.8 Å². The first-order valence-electron chi connectivity index (χ1n) is 5.47. The molecule has 0 unspecified atom stereocenters. The van der Waals surface area contributed by atoms with Crippen molar-refractivity contribution in [2.45, 2.75) is 6.42 Å². The maximum absolute atomic E-state index is 9.59. The zero-order valence-electron chi connectivity index (χ0n) is 10.8. The van der Waals surface area contributed by atoms with E-state index in [1.807, 2.05) is 30.4 Å². The molecule has 0 aromatic heterocycles. The van der Waals surface area contributed by atoms with E-state index in [9.17, 15) is 5.11 Å². The van der Waals surface area contributed by atoms with Crippen molar-refractivity contribution in [1.29, 1.82) is 0 Å². The van der Waals surface area contributed by atoms with Gasteiger partial charge in [-0.05, 0) is 6.07 Å². The van der Waals surface area contributed by atoms with E-state index in [1.54, 1.807) is 12.1 Å². The summed E-state index contributed by atoms with van der Waals surface area (Å²) in [6, 6.07) is 8.85. The Hall–Kier alpha value is -0.146. The van der Waals surface area contributed by atoms with Crippen LogP contribution in [0.2, 0.25) is 10.0 Å². The molecule has 0 saturated carbocycles.